The second kappa shape index (κ2) is 4.63. The van der Waals surface area contributed by atoms with Crippen LogP contribution in [0.5, 0.6) is 0 Å². The van der Waals surface area contributed by atoms with E-state index in [0.29, 0.717) is 5.95 Å². The number of thiazole rings is 1. The molecule has 0 bridgehead atoms. The van der Waals surface area contributed by atoms with Crippen molar-refractivity contribution in [2.75, 3.05) is 12.4 Å². The number of allylic oxidation sites excluding steroid dienone is 1. The summed E-state index contributed by atoms with van der Waals surface area (Å²) in [7, 11) is 1.84. The van der Waals surface area contributed by atoms with Crippen LogP contribution in [0, 0.1) is 6.92 Å². The summed E-state index contributed by atoms with van der Waals surface area (Å²) in [5.41, 5.74) is 5.73. The summed E-state index contributed by atoms with van der Waals surface area (Å²) in [6.45, 7) is 2.04. The summed E-state index contributed by atoms with van der Waals surface area (Å²) >= 11 is 1.73. The normalized spacial score (nSPS) is 13.3. The van der Waals surface area contributed by atoms with Crippen LogP contribution in [0.4, 0.5) is 5.95 Å². The molecule has 0 fully saturated rings. The van der Waals surface area contributed by atoms with E-state index in [0.717, 1.165) is 28.2 Å². The molecule has 1 N–H and O–H groups in total. The van der Waals surface area contributed by atoms with Gasteiger partial charge in [-0.2, -0.15) is 0 Å². The Morgan fingerprint density at radius 2 is 2.19 bits per heavy atom. The third-order valence-electron chi connectivity index (χ3n) is 3.69. The molecule has 0 unspecified atom stereocenters. The van der Waals surface area contributed by atoms with Crippen LogP contribution in [-0.4, -0.2) is 22.0 Å². The molecule has 21 heavy (non-hydrogen) atoms. The fraction of sp³-hybridized carbons (Fsp3) is 0.188. The van der Waals surface area contributed by atoms with Crippen molar-refractivity contribution in [2.24, 2.45) is 0 Å². The molecule has 0 amide bonds. The first-order valence-electron chi connectivity index (χ1n) is 6.86. The topological polar surface area (TPSA) is 50.7 Å². The smallest absolute Gasteiger partial charge is 0.222 e. The minimum atomic E-state index is 0. The number of benzene rings is 1. The van der Waals surface area contributed by atoms with Gasteiger partial charge in [-0.3, -0.25) is 0 Å². The molecule has 2 heterocycles. The molecule has 0 radical (unpaired) electrons. The van der Waals surface area contributed by atoms with Gasteiger partial charge in [-0.15, -0.1) is 11.3 Å². The maximum Gasteiger partial charge on any atom is 0.222 e. The first-order valence-corrected chi connectivity index (χ1v) is 7.68. The third-order valence-corrected chi connectivity index (χ3v) is 4.62. The molecule has 3 aromatic rings. The lowest BCUT2D eigenvalue weighted by Crippen LogP contribution is -2.00. The number of hydrogen-bond acceptors (Lipinski definition) is 5. The number of nitrogens with zero attached hydrogens (tertiary/aromatic N) is 3. The zero-order chi connectivity index (χ0) is 14.4. The summed E-state index contributed by atoms with van der Waals surface area (Å²) in [5, 5.41) is 4.09. The van der Waals surface area contributed by atoms with Crippen LogP contribution >= 0.6 is 11.3 Å². The number of fused-ring (bicyclic) bond motifs is 2. The fourth-order valence-corrected chi connectivity index (χ4v) is 3.57. The van der Waals surface area contributed by atoms with E-state index in [4.69, 9.17) is 0 Å². The van der Waals surface area contributed by atoms with Gasteiger partial charge in [-0.1, -0.05) is 12.1 Å². The molecule has 0 atom stereocenters. The van der Waals surface area contributed by atoms with Crippen molar-refractivity contribution in [3.8, 4) is 0 Å². The van der Waals surface area contributed by atoms with Gasteiger partial charge in [0.2, 0.25) is 5.95 Å². The number of hydrogen-bond donors (Lipinski definition) is 1. The molecule has 1 aliphatic carbocycles. The third kappa shape index (κ3) is 2.01. The van der Waals surface area contributed by atoms with E-state index in [9.17, 15) is 0 Å². The lowest BCUT2D eigenvalue weighted by molar-refractivity contribution is 1.06. The quantitative estimate of drug-likeness (QED) is 0.779. The van der Waals surface area contributed by atoms with Crippen LogP contribution in [0.25, 0.3) is 15.8 Å². The molecule has 0 saturated heterocycles. The van der Waals surface area contributed by atoms with Gasteiger partial charge in [0.1, 0.15) is 0 Å². The highest BCUT2D eigenvalue weighted by molar-refractivity contribution is 7.18. The van der Waals surface area contributed by atoms with Crippen molar-refractivity contribution in [3.05, 3.63) is 52.3 Å². The average molecular weight is 298 g/mol. The number of rotatable bonds is 2. The molecule has 108 valence electrons. The van der Waals surface area contributed by atoms with E-state index >= 15 is 0 Å². The molecule has 0 saturated carbocycles. The van der Waals surface area contributed by atoms with Gasteiger partial charge < -0.3 is 5.32 Å². The van der Waals surface area contributed by atoms with Crippen LogP contribution in [0.2, 0.25) is 0 Å². The summed E-state index contributed by atoms with van der Waals surface area (Å²) in [6.07, 6.45) is 5.00. The zero-order valence-corrected chi connectivity index (χ0v) is 12.7. The molecule has 4 nitrogen and oxygen atoms in total. The van der Waals surface area contributed by atoms with Crippen LogP contribution in [-0.2, 0) is 6.42 Å². The summed E-state index contributed by atoms with van der Waals surface area (Å²) in [5.74, 6) is 0.678. The van der Waals surface area contributed by atoms with E-state index in [1.807, 2.05) is 20.2 Å². The number of anilines is 1. The Bertz CT molecular complexity index is 889. The Hall–Kier alpha value is -2.27. The molecular formula is C16H18N4S. The summed E-state index contributed by atoms with van der Waals surface area (Å²) in [4.78, 5) is 13.4. The monoisotopic (exact) mass is 298 g/mol. The van der Waals surface area contributed by atoms with Gasteiger partial charge in [-0.05, 0) is 30.2 Å². The van der Waals surface area contributed by atoms with Gasteiger partial charge >= 0.3 is 0 Å². The average Bonchev–Trinajstić information content (AvgIpc) is 3.07. The molecule has 4 rings (SSSR count). The molecule has 1 aliphatic rings. The first-order chi connectivity index (χ1) is 10.2. The van der Waals surface area contributed by atoms with Crippen molar-refractivity contribution < 1.29 is 2.85 Å². The van der Waals surface area contributed by atoms with Gasteiger partial charge in [0.05, 0.1) is 20.9 Å². The largest absolute Gasteiger partial charge is 0.357 e. The second-order valence-corrected chi connectivity index (χ2v) is 6.28. The van der Waals surface area contributed by atoms with Gasteiger partial charge in [0.15, 0.2) is 0 Å². The minimum Gasteiger partial charge on any atom is -0.357 e. The highest BCUT2D eigenvalue weighted by atomic mass is 32.1. The molecule has 5 heteroatoms. The van der Waals surface area contributed by atoms with Crippen molar-refractivity contribution >= 4 is 33.1 Å². The Morgan fingerprint density at radius 3 is 3.05 bits per heavy atom. The Kier molecular flexibility index (Phi) is 2.75. The van der Waals surface area contributed by atoms with E-state index in [-0.39, 0.29) is 2.85 Å². The van der Waals surface area contributed by atoms with Crippen LogP contribution < -0.4 is 5.32 Å². The molecule has 2 aromatic heterocycles. The first kappa shape index (κ1) is 12.5. The highest BCUT2D eigenvalue weighted by Gasteiger charge is 2.18. The second-order valence-electron chi connectivity index (χ2n) is 5.04. The van der Waals surface area contributed by atoms with Crippen molar-refractivity contribution in [1.29, 1.82) is 0 Å². The summed E-state index contributed by atoms with van der Waals surface area (Å²) in [6, 6.07) is 6.44. The standard InChI is InChI=1S/C16H14N4S.2H2/c1-9-19-14-5-3-10(7-15(14)21-9)11-4-6-13-12(11)8-18-16(17-2)20-13;;/h3-5,7-8H,6H2,1-2H3,(H,17,18,20);2*1H. The highest BCUT2D eigenvalue weighted by Crippen LogP contribution is 2.34. The van der Waals surface area contributed by atoms with Crippen molar-refractivity contribution in [1.82, 2.24) is 15.0 Å². The van der Waals surface area contributed by atoms with Gasteiger partial charge in [-0.25, -0.2) is 15.0 Å². The maximum atomic E-state index is 4.53. The Morgan fingerprint density at radius 1 is 1.29 bits per heavy atom. The summed E-state index contributed by atoms with van der Waals surface area (Å²) < 4.78 is 1.23. The fourth-order valence-electron chi connectivity index (χ4n) is 2.71. The lowest BCUT2D eigenvalue weighted by atomic mass is 10.0. The van der Waals surface area contributed by atoms with Gasteiger partial charge in [0, 0.05) is 28.1 Å². The van der Waals surface area contributed by atoms with Crippen molar-refractivity contribution in [3.63, 3.8) is 0 Å². The van der Waals surface area contributed by atoms with E-state index < -0.39 is 0 Å². The van der Waals surface area contributed by atoms with Crippen LogP contribution in [0.1, 0.15) is 24.7 Å². The van der Waals surface area contributed by atoms with Crippen molar-refractivity contribution in [2.45, 2.75) is 13.3 Å². The number of aromatic nitrogens is 3. The van der Waals surface area contributed by atoms with Crippen LogP contribution in [0.3, 0.4) is 0 Å². The van der Waals surface area contributed by atoms with E-state index in [1.54, 1.807) is 11.3 Å². The molecular weight excluding hydrogens is 280 g/mol. The predicted octanol–water partition coefficient (Wildman–Crippen LogP) is 3.92. The number of nitrogens with one attached hydrogen (secondary N) is 1. The lowest BCUT2D eigenvalue weighted by Gasteiger charge is -2.06. The zero-order valence-electron chi connectivity index (χ0n) is 11.8. The Labute approximate surface area is 129 Å². The van der Waals surface area contributed by atoms with E-state index in [1.165, 1.54) is 15.8 Å². The minimum absolute atomic E-state index is 0. The Balaban J connectivity index is 0.000000960. The predicted molar refractivity (Wildman–Crippen MR) is 90.9 cm³/mol. The van der Waals surface area contributed by atoms with E-state index in [2.05, 4.69) is 44.5 Å². The maximum absolute atomic E-state index is 4.53. The number of aryl methyl sites for hydroxylation is 1. The SMILES string of the molecule is CNc1ncc2c(n1)CC=C2c1ccc2nc(C)sc2c1.[HH].[HH]. The molecule has 1 aromatic carbocycles. The van der Waals surface area contributed by atoms with Crippen LogP contribution in [0.15, 0.2) is 30.5 Å². The van der Waals surface area contributed by atoms with Gasteiger partial charge in [0.25, 0.3) is 0 Å². The molecule has 0 spiro atoms. The molecule has 0 aliphatic heterocycles.